The molecule has 9 nitrogen and oxygen atoms in total. The Bertz CT molecular complexity index is 553. The molecule has 102 valence electrons. The summed E-state index contributed by atoms with van der Waals surface area (Å²) in [5.74, 6) is 0.189. The average molecular weight is 268 g/mol. The van der Waals surface area contributed by atoms with Gasteiger partial charge in [0.15, 0.2) is 12.3 Å². The van der Waals surface area contributed by atoms with Crippen LogP contribution in [0.2, 0.25) is 0 Å². The van der Waals surface area contributed by atoms with Crippen molar-refractivity contribution in [2.75, 3.05) is 13.7 Å². The summed E-state index contributed by atoms with van der Waals surface area (Å²) in [5, 5.41) is 13.7. The van der Waals surface area contributed by atoms with Crippen LogP contribution in [0, 0.1) is 5.53 Å². The molecule has 1 fully saturated rings. The Kier molecular flexibility index (Phi) is 4.00. The van der Waals surface area contributed by atoms with Gasteiger partial charge in [-0.3, -0.25) is 4.57 Å². The van der Waals surface area contributed by atoms with Gasteiger partial charge in [-0.2, -0.15) is 4.98 Å². The Morgan fingerprint density at radius 1 is 1.74 bits per heavy atom. The molecule has 1 aromatic heterocycles. The Hall–Kier alpha value is -2.09. The number of rotatable bonds is 3. The van der Waals surface area contributed by atoms with E-state index in [0.29, 0.717) is 13.0 Å². The van der Waals surface area contributed by atoms with Crippen molar-refractivity contribution in [1.82, 2.24) is 14.5 Å². The predicted octanol–water partition coefficient (Wildman–Crippen LogP) is -0.549. The lowest BCUT2D eigenvalue weighted by Gasteiger charge is -2.30. The van der Waals surface area contributed by atoms with Gasteiger partial charge in [-0.05, 0) is 0 Å². The van der Waals surface area contributed by atoms with Crippen LogP contribution in [0.5, 0.6) is 5.88 Å². The zero-order valence-corrected chi connectivity index (χ0v) is 10.3. The molecular formula is C10H14N5O4+. The highest BCUT2D eigenvalue weighted by atomic mass is 16.5. The monoisotopic (exact) mass is 268 g/mol. The molecule has 3 unspecified atom stereocenters. The number of aliphatic hydroxyl groups is 1. The van der Waals surface area contributed by atoms with E-state index in [-0.39, 0.29) is 5.88 Å². The smallest absolute Gasteiger partial charge is 0.353 e. The van der Waals surface area contributed by atoms with Crippen molar-refractivity contribution in [2.24, 2.45) is 5.11 Å². The van der Waals surface area contributed by atoms with Gasteiger partial charge in [0.1, 0.15) is 16.7 Å². The standard InChI is InChI=1S/C10H14N5O4/c1-18-7-2-4-15(10(17)12-7)9-8(16)6(13-14-11)3-5-19-9/h2,4,6,8-9,11,16H,3,5H2,1H3/q+1. The normalized spacial score (nSPS) is 26.5. The fraction of sp³-hybridized carbons (Fsp3) is 0.600. The molecular weight excluding hydrogens is 254 g/mol. The minimum absolute atomic E-state index is 0.189. The van der Waals surface area contributed by atoms with Crippen LogP contribution in [0.1, 0.15) is 12.6 Å². The van der Waals surface area contributed by atoms with E-state index < -0.39 is 24.1 Å². The van der Waals surface area contributed by atoms with Gasteiger partial charge in [0.25, 0.3) is 0 Å². The number of aromatic nitrogens is 2. The van der Waals surface area contributed by atoms with Crippen molar-refractivity contribution in [3.63, 3.8) is 0 Å². The summed E-state index contributed by atoms with van der Waals surface area (Å²) in [7, 11) is 1.41. The molecule has 0 bridgehead atoms. The second-order valence-electron chi connectivity index (χ2n) is 3.98. The molecule has 2 heterocycles. The fourth-order valence-electron chi connectivity index (χ4n) is 1.92. The van der Waals surface area contributed by atoms with Crippen molar-refractivity contribution in [3.05, 3.63) is 22.7 Å². The molecule has 1 saturated heterocycles. The number of hydrogen-bond acceptors (Lipinski definition) is 7. The van der Waals surface area contributed by atoms with E-state index in [1.807, 2.05) is 0 Å². The Morgan fingerprint density at radius 3 is 3.16 bits per heavy atom. The molecule has 1 aliphatic heterocycles. The molecule has 2 rings (SSSR count). The average Bonchev–Trinajstić information content (AvgIpc) is 2.42. The van der Waals surface area contributed by atoms with Crippen molar-refractivity contribution in [2.45, 2.75) is 24.8 Å². The number of ether oxygens (including phenoxy) is 2. The molecule has 0 spiro atoms. The van der Waals surface area contributed by atoms with Gasteiger partial charge in [0.05, 0.1) is 13.7 Å². The van der Waals surface area contributed by atoms with Gasteiger partial charge in [0, 0.05) is 18.7 Å². The molecule has 0 aliphatic carbocycles. The molecule has 0 saturated carbocycles. The number of aliphatic hydroxyl groups excluding tert-OH is 1. The minimum Gasteiger partial charge on any atom is -0.481 e. The van der Waals surface area contributed by atoms with Crippen molar-refractivity contribution >= 4 is 0 Å². The largest absolute Gasteiger partial charge is 0.481 e. The lowest BCUT2D eigenvalue weighted by atomic mass is 10.0. The van der Waals surface area contributed by atoms with E-state index in [1.54, 1.807) is 0 Å². The molecule has 9 heteroatoms. The quantitative estimate of drug-likeness (QED) is 0.562. The Morgan fingerprint density at radius 2 is 2.53 bits per heavy atom. The highest BCUT2D eigenvalue weighted by molar-refractivity contribution is 5.06. The summed E-state index contributed by atoms with van der Waals surface area (Å²) in [6.07, 6.45) is -0.0772. The summed E-state index contributed by atoms with van der Waals surface area (Å²) in [6, 6.07) is 0.929. The first-order valence-electron chi connectivity index (χ1n) is 5.67. The molecule has 0 radical (unpaired) electrons. The van der Waals surface area contributed by atoms with Crippen LogP contribution in [0.4, 0.5) is 0 Å². The summed E-state index contributed by atoms with van der Waals surface area (Å²) < 4.78 is 11.4. The van der Waals surface area contributed by atoms with E-state index in [9.17, 15) is 9.90 Å². The molecule has 3 atom stereocenters. The topological polar surface area (TPSA) is 124 Å². The first kappa shape index (κ1) is 13.3. The van der Waals surface area contributed by atoms with Crippen LogP contribution in [0.25, 0.3) is 0 Å². The third-order valence-electron chi connectivity index (χ3n) is 2.88. The molecule has 19 heavy (non-hydrogen) atoms. The third kappa shape index (κ3) is 2.68. The van der Waals surface area contributed by atoms with Crippen LogP contribution in [0.15, 0.2) is 22.2 Å². The second kappa shape index (κ2) is 5.70. The van der Waals surface area contributed by atoms with Gasteiger partial charge >= 0.3 is 5.69 Å². The maximum atomic E-state index is 11.8. The summed E-state index contributed by atoms with van der Waals surface area (Å²) in [5.41, 5.74) is 6.11. The van der Waals surface area contributed by atoms with Crippen LogP contribution in [0.3, 0.4) is 0 Å². The summed E-state index contributed by atoms with van der Waals surface area (Å²) >= 11 is 0. The Labute approximate surface area is 108 Å². The van der Waals surface area contributed by atoms with Gasteiger partial charge in [-0.25, -0.2) is 4.79 Å². The highest BCUT2D eigenvalue weighted by Gasteiger charge is 2.37. The van der Waals surface area contributed by atoms with Gasteiger partial charge in [0.2, 0.25) is 10.8 Å². The number of methoxy groups -OCH3 is 1. The zero-order valence-electron chi connectivity index (χ0n) is 10.3. The molecule has 1 aliphatic rings. The SMILES string of the molecule is COc1ccn(C2OCCC(N=[N+]=N)C2O)c(=O)n1. The van der Waals surface area contributed by atoms with E-state index in [1.165, 1.54) is 23.9 Å². The van der Waals surface area contributed by atoms with Gasteiger partial charge in [-0.15, -0.1) is 0 Å². The van der Waals surface area contributed by atoms with Crippen LogP contribution in [-0.2, 0) is 4.74 Å². The number of nitrogens with one attached hydrogen (secondary N) is 1. The Balaban J connectivity index is 2.30. The highest BCUT2D eigenvalue weighted by Crippen LogP contribution is 2.24. The van der Waals surface area contributed by atoms with Crippen molar-refractivity contribution < 1.29 is 14.6 Å². The molecule has 1 aromatic rings. The van der Waals surface area contributed by atoms with E-state index in [2.05, 4.69) is 15.0 Å². The van der Waals surface area contributed by atoms with Crippen LogP contribution >= 0.6 is 0 Å². The van der Waals surface area contributed by atoms with Crippen LogP contribution in [-0.4, -0.2) is 40.5 Å². The molecule has 0 amide bonds. The molecule has 2 N–H and O–H groups in total. The number of hydrogen-bond donors (Lipinski definition) is 2. The third-order valence-corrected chi connectivity index (χ3v) is 2.88. The predicted molar refractivity (Wildman–Crippen MR) is 61.7 cm³/mol. The first-order chi connectivity index (χ1) is 9.17. The first-order valence-corrected chi connectivity index (χ1v) is 5.67. The molecule has 0 aromatic carbocycles. The fourth-order valence-corrected chi connectivity index (χ4v) is 1.92. The van der Waals surface area contributed by atoms with E-state index in [4.69, 9.17) is 15.0 Å². The summed E-state index contributed by atoms with van der Waals surface area (Å²) in [4.78, 5) is 18.4. The summed E-state index contributed by atoms with van der Waals surface area (Å²) in [6.45, 7) is 0.309. The van der Waals surface area contributed by atoms with E-state index in [0.717, 1.165) is 0 Å². The van der Waals surface area contributed by atoms with Crippen molar-refractivity contribution in [1.29, 1.82) is 5.53 Å². The maximum absolute atomic E-state index is 11.8. The van der Waals surface area contributed by atoms with E-state index >= 15 is 0 Å². The lowest BCUT2D eigenvalue weighted by molar-refractivity contribution is -0.126. The maximum Gasteiger partial charge on any atom is 0.353 e. The van der Waals surface area contributed by atoms with Crippen LogP contribution < -0.4 is 15.3 Å². The van der Waals surface area contributed by atoms with Gasteiger partial charge in [-0.1, -0.05) is 0 Å². The van der Waals surface area contributed by atoms with Crippen molar-refractivity contribution in [3.8, 4) is 5.88 Å². The number of nitrogens with zero attached hydrogens (tertiary/aromatic N) is 4. The second-order valence-corrected chi connectivity index (χ2v) is 3.98. The lowest BCUT2D eigenvalue weighted by Crippen LogP contribution is -2.44. The minimum atomic E-state index is -1.06. The van der Waals surface area contributed by atoms with Gasteiger partial charge < -0.3 is 14.6 Å². The zero-order chi connectivity index (χ0) is 13.8.